The number of aliphatic hydroxyl groups is 1. The summed E-state index contributed by atoms with van der Waals surface area (Å²) in [5.41, 5.74) is 0. The first-order valence-corrected chi connectivity index (χ1v) is 4.11. The molecule has 0 aliphatic carbocycles. The maximum Gasteiger partial charge on any atom is 0.323 e. The van der Waals surface area contributed by atoms with Gasteiger partial charge < -0.3 is 9.84 Å². The summed E-state index contributed by atoms with van der Waals surface area (Å²) < 4.78 is 4.64. The minimum Gasteiger partial charge on any atom is -0.468 e. The normalized spacial score (nSPS) is 30.6. The lowest BCUT2D eigenvalue weighted by Crippen LogP contribution is -2.39. The monoisotopic (exact) mass is 173 g/mol. The average molecular weight is 173 g/mol. The van der Waals surface area contributed by atoms with Crippen molar-refractivity contribution in [2.75, 3.05) is 20.8 Å². The van der Waals surface area contributed by atoms with Crippen LogP contribution in [0, 0.1) is 0 Å². The van der Waals surface area contributed by atoms with Gasteiger partial charge in [0.2, 0.25) is 0 Å². The number of rotatable bonds is 2. The number of hydrogen-bond donors (Lipinski definition) is 1. The fraction of sp³-hybridized carbons (Fsp3) is 0.875. The van der Waals surface area contributed by atoms with E-state index in [1.165, 1.54) is 7.11 Å². The summed E-state index contributed by atoms with van der Waals surface area (Å²) in [7, 11) is 3.23. The zero-order chi connectivity index (χ0) is 9.14. The fourth-order valence-corrected chi connectivity index (χ4v) is 1.65. The number of aliphatic hydroxyl groups excluding tert-OH is 1. The predicted octanol–water partition coefficient (Wildman–Crippen LogP) is -0.386. The van der Waals surface area contributed by atoms with E-state index in [1.54, 1.807) is 0 Å². The van der Waals surface area contributed by atoms with Crippen LogP contribution in [0.5, 0.6) is 0 Å². The molecule has 70 valence electrons. The molecule has 0 aromatic carbocycles. The molecule has 0 aromatic rings. The van der Waals surface area contributed by atoms with Crippen LogP contribution in [0.1, 0.15) is 12.8 Å². The van der Waals surface area contributed by atoms with Crippen LogP contribution in [0.3, 0.4) is 0 Å². The van der Waals surface area contributed by atoms with Gasteiger partial charge in [0.15, 0.2) is 0 Å². The van der Waals surface area contributed by atoms with Crippen LogP contribution >= 0.6 is 0 Å². The molecule has 1 N–H and O–H groups in total. The zero-order valence-electron chi connectivity index (χ0n) is 7.49. The number of likely N-dealkylation sites (tertiary alicyclic amines) is 1. The first-order valence-electron chi connectivity index (χ1n) is 4.11. The van der Waals surface area contributed by atoms with Crippen LogP contribution in [0.4, 0.5) is 0 Å². The second-order valence-electron chi connectivity index (χ2n) is 3.12. The zero-order valence-corrected chi connectivity index (χ0v) is 7.49. The summed E-state index contributed by atoms with van der Waals surface area (Å²) in [6, 6.07) is -0.0405. The molecule has 2 atom stereocenters. The Balaban J connectivity index is 2.54. The van der Waals surface area contributed by atoms with E-state index in [1.807, 2.05) is 11.9 Å². The minimum atomic E-state index is -0.201. The predicted molar refractivity (Wildman–Crippen MR) is 43.7 cm³/mol. The van der Waals surface area contributed by atoms with E-state index in [0.29, 0.717) is 0 Å². The molecule has 1 heterocycles. The maximum absolute atomic E-state index is 11.1. The Hall–Kier alpha value is -0.610. The lowest BCUT2D eigenvalue weighted by molar-refractivity contribution is -0.145. The van der Waals surface area contributed by atoms with Crippen LogP contribution in [-0.2, 0) is 9.53 Å². The Kier molecular flexibility index (Phi) is 3.05. The second-order valence-corrected chi connectivity index (χ2v) is 3.12. The Bertz CT molecular complexity index is 172. The molecule has 1 unspecified atom stereocenters. The number of hydrogen-bond acceptors (Lipinski definition) is 4. The first kappa shape index (κ1) is 9.48. The Morgan fingerprint density at radius 3 is 2.75 bits per heavy atom. The van der Waals surface area contributed by atoms with Gasteiger partial charge in [0.1, 0.15) is 6.04 Å². The van der Waals surface area contributed by atoms with Crippen molar-refractivity contribution in [2.24, 2.45) is 0 Å². The molecular formula is C8H15NO3. The molecule has 1 saturated heterocycles. The van der Waals surface area contributed by atoms with Crippen LogP contribution in [0.15, 0.2) is 0 Å². The van der Waals surface area contributed by atoms with Gasteiger partial charge >= 0.3 is 5.97 Å². The van der Waals surface area contributed by atoms with Crippen molar-refractivity contribution in [1.82, 2.24) is 4.90 Å². The number of likely N-dealkylation sites (N-methyl/N-ethyl adjacent to an activating group) is 1. The quantitative estimate of drug-likeness (QED) is 0.578. The van der Waals surface area contributed by atoms with E-state index in [0.717, 1.165) is 12.8 Å². The van der Waals surface area contributed by atoms with Crippen molar-refractivity contribution in [3.63, 3.8) is 0 Å². The molecule has 0 saturated carbocycles. The standard InChI is InChI=1S/C8H15NO3/c1-9-6(5-10)3-4-7(9)8(11)12-2/h6-7,10H,3-5H2,1-2H3/t6-,7?/m0/s1. The highest BCUT2D eigenvalue weighted by Gasteiger charge is 2.35. The van der Waals surface area contributed by atoms with Gasteiger partial charge in [-0.1, -0.05) is 0 Å². The molecule has 0 bridgehead atoms. The molecule has 0 aromatic heterocycles. The van der Waals surface area contributed by atoms with Gasteiger partial charge in [0, 0.05) is 6.04 Å². The van der Waals surface area contributed by atoms with Crippen molar-refractivity contribution >= 4 is 5.97 Å². The lowest BCUT2D eigenvalue weighted by Gasteiger charge is -2.22. The number of esters is 1. The highest BCUT2D eigenvalue weighted by molar-refractivity contribution is 5.76. The van der Waals surface area contributed by atoms with Gasteiger partial charge in [-0.3, -0.25) is 9.69 Å². The summed E-state index contributed by atoms with van der Waals surface area (Å²) in [6.07, 6.45) is 1.65. The Morgan fingerprint density at radius 2 is 2.33 bits per heavy atom. The van der Waals surface area contributed by atoms with E-state index < -0.39 is 0 Å². The maximum atomic E-state index is 11.1. The van der Waals surface area contributed by atoms with Crippen LogP contribution < -0.4 is 0 Å². The van der Waals surface area contributed by atoms with Gasteiger partial charge in [0.05, 0.1) is 13.7 Å². The van der Waals surface area contributed by atoms with E-state index in [-0.39, 0.29) is 24.7 Å². The van der Waals surface area contributed by atoms with Crippen LogP contribution in [0.2, 0.25) is 0 Å². The number of carbonyl (C=O) groups is 1. The van der Waals surface area contributed by atoms with Crippen molar-refractivity contribution in [3.05, 3.63) is 0 Å². The summed E-state index contributed by atoms with van der Waals surface area (Å²) in [4.78, 5) is 13.0. The van der Waals surface area contributed by atoms with Crippen molar-refractivity contribution in [2.45, 2.75) is 24.9 Å². The Labute approximate surface area is 72.1 Å². The number of ether oxygens (including phenoxy) is 1. The average Bonchev–Trinajstić information content (AvgIpc) is 2.45. The van der Waals surface area contributed by atoms with E-state index in [9.17, 15) is 4.79 Å². The van der Waals surface area contributed by atoms with E-state index in [4.69, 9.17) is 5.11 Å². The third-order valence-electron chi connectivity index (χ3n) is 2.52. The van der Waals surface area contributed by atoms with Gasteiger partial charge in [0.25, 0.3) is 0 Å². The number of nitrogens with zero attached hydrogens (tertiary/aromatic N) is 1. The third kappa shape index (κ3) is 1.59. The fourth-order valence-electron chi connectivity index (χ4n) is 1.65. The largest absolute Gasteiger partial charge is 0.468 e. The van der Waals surface area contributed by atoms with Gasteiger partial charge in [-0.15, -0.1) is 0 Å². The van der Waals surface area contributed by atoms with Crippen molar-refractivity contribution in [1.29, 1.82) is 0 Å². The molecule has 0 spiro atoms. The molecular weight excluding hydrogens is 158 g/mol. The smallest absolute Gasteiger partial charge is 0.323 e. The van der Waals surface area contributed by atoms with E-state index in [2.05, 4.69) is 4.74 Å². The molecule has 0 radical (unpaired) electrons. The SMILES string of the molecule is COC(=O)C1CC[C@@H](CO)N1C. The molecule has 1 fully saturated rings. The highest BCUT2D eigenvalue weighted by Crippen LogP contribution is 2.22. The van der Waals surface area contributed by atoms with Crippen LogP contribution in [-0.4, -0.2) is 48.8 Å². The lowest BCUT2D eigenvalue weighted by atomic mass is 10.2. The number of methoxy groups -OCH3 is 1. The van der Waals surface area contributed by atoms with Crippen molar-refractivity contribution in [3.8, 4) is 0 Å². The first-order chi connectivity index (χ1) is 5.70. The third-order valence-corrected chi connectivity index (χ3v) is 2.52. The summed E-state index contributed by atoms with van der Waals surface area (Å²) in [6.45, 7) is 0.115. The molecule has 1 aliphatic rings. The highest BCUT2D eigenvalue weighted by atomic mass is 16.5. The van der Waals surface area contributed by atoms with Crippen LogP contribution in [0.25, 0.3) is 0 Å². The van der Waals surface area contributed by atoms with Crippen molar-refractivity contribution < 1.29 is 14.6 Å². The minimum absolute atomic E-state index is 0.115. The van der Waals surface area contributed by atoms with E-state index >= 15 is 0 Å². The topological polar surface area (TPSA) is 49.8 Å². The Morgan fingerprint density at radius 1 is 1.67 bits per heavy atom. The summed E-state index contributed by atoms with van der Waals surface area (Å²) >= 11 is 0. The van der Waals surface area contributed by atoms with Gasteiger partial charge in [-0.2, -0.15) is 0 Å². The molecule has 0 amide bonds. The molecule has 12 heavy (non-hydrogen) atoms. The molecule has 4 heteroatoms. The second kappa shape index (κ2) is 3.87. The molecule has 4 nitrogen and oxygen atoms in total. The molecule has 1 aliphatic heterocycles. The van der Waals surface area contributed by atoms with Gasteiger partial charge in [-0.05, 0) is 19.9 Å². The summed E-state index contributed by atoms with van der Waals surface area (Å²) in [5.74, 6) is -0.201. The number of carbonyl (C=O) groups excluding carboxylic acids is 1. The van der Waals surface area contributed by atoms with Gasteiger partial charge in [-0.25, -0.2) is 0 Å². The molecule has 1 rings (SSSR count). The summed E-state index contributed by atoms with van der Waals surface area (Å²) in [5, 5.41) is 8.91.